The molecule has 0 aromatic carbocycles. The molecule has 0 fully saturated rings. The van der Waals surface area contributed by atoms with Gasteiger partial charge < -0.3 is 10.6 Å². The van der Waals surface area contributed by atoms with E-state index in [4.69, 9.17) is 6.42 Å². The summed E-state index contributed by atoms with van der Waals surface area (Å²) in [6, 6.07) is 3.54. The average molecular weight is 371 g/mol. The maximum Gasteiger partial charge on any atom is 0.252 e. The zero-order valence-corrected chi connectivity index (χ0v) is 16.1. The van der Waals surface area contributed by atoms with Crippen molar-refractivity contribution in [2.24, 2.45) is 4.99 Å². The maximum atomic E-state index is 12.5. The first-order valence-corrected chi connectivity index (χ1v) is 10.3. The molecular weight excluding hydrogens is 344 g/mol. The Morgan fingerprint density at radius 1 is 1.29 bits per heavy atom. The van der Waals surface area contributed by atoms with Crippen LogP contribution in [0.3, 0.4) is 0 Å². The largest absolute Gasteiger partial charge is 0.357 e. The predicted octanol–water partition coefficient (Wildman–Crippen LogP) is 1.51. The van der Waals surface area contributed by atoms with Crippen molar-refractivity contribution in [1.29, 1.82) is 0 Å². The van der Waals surface area contributed by atoms with Gasteiger partial charge in [0.25, 0.3) is 10.0 Å². The SMILES string of the molecule is C#CCNC(=NCCc1ccc(S(=O)(=O)N(CC)CC)s1)NCC. The monoisotopic (exact) mass is 370 g/mol. The molecule has 1 heterocycles. The number of aliphatic imine (C=N–C) groups is 1. The molecule has 0 aliphatic heterocycles. The quantitative estimate of drug-likeness (QED) is 0.393. The molecule has 1 rings (SSSR count). The van der Waals surface area contributed by atoms with Crippen LogP contribution in [0.2, 0.25) is 0 Å². The van der Waals surface area contributed by atoms with Crippen LogP contribution in [0.1, 0.15) is 25.6 Å². The standard InChI is InChI=1S/C16H26N4O2S2/c1-5-12-18-16(17-6-2)19-13-11-14-9-10-15(23-14)24(21,22)20(7-3)8-4/h1,9-10H,6-8,11-13H2,2-4H3,(H2,17,18,19). The fourth-order valence-corrected chi connectivity index (χ4v) is 5.03. The summed E-state index contributed by atoms with van der Waals surface area (Å²) in [4.78, 5) is 5.43. The minimum atomic E-state index is -3.37. The Kier molecular flexibility index (Phi) is 8.82. The van der Waals surface area contributed by atoms with Gasteiger partial charge in [-0.1, -0.05) is 19.8 Å². The van der Waals surface area contributed by atoms with Crippen LogP contribution in [0.4, 0.5) is 0 Å². The van der Waals surface area contributed by atoms with Crippen molar-refractivity contribution in [2.45, 2.75) is 31.4 Å². The first-order chi connectivity index (χ1) is 11.5. The lowest BCUT2D eigenvalue weighted by Crippen LogP contribution is -2.37. The minimum absolute atomic E-state index is 0.391. The van der Waals surface area contributed by atoms with Crippen LogP contribution in [0.15, 0.2) is 21.3 Å². The van der Waals surface area contributed by atoms with Crippen LogP contribution in [0.5, 0.6) is 0 Å². The van der Waals surface area contributed by atoms with Gasteiger partial charge in [-0.3, -0.25) is 4.99 Å². The zero-order valence-electron chi connectivity index (χ0n) is 14.5. The van der Waals surface area contributed by atoms with E-state index in [-0.39, 0.29) is 0 Å². The number of hydrogen-bond acceptors (Lipinski definition) is 4. The average Bonchev–Trinajstić information content (AvgIpc) is 3.03. The van der Waals surface area contributed by atoms with Gasteiger partial charge in [0.1, 0.15) is 4.21 Å². The van der Waals surface area contributed by atoms with E-state index < -0.39 is 10.0 Å². The van der Waals surface area contributed by atoms with Gasteiger partial charge in [0.05, 0.1) is 6.54 Å². The van der Waals surface area contributed by atoms with Crippen molar-refractivity contribution in [3.63, 3.8) is 0 Å². The van der Waals surface area contributed by atoms with Gasteiger partial charge in [-0.15, -0.1) is 17.8 Å². The van der Waals surface area contributed by atoms with Crippen molar-refractivity contribution in [1.82, 2.24) is 14.9 Å². The van der Waals surface area contributed by atoms with Crippen LogP contribution < -0.4 is 10.6 Å². The molecule has 0 saturated heterocycles. The molecule has 1 aromatic heterocycles. The fraction of sp³-hybridized carbons (Fsp3) is 0.562. The lowest BCUT2D eigenvalue weighted by atomic mass is 10.3. The molecule has 134 valence electrons. The minimum Gasteiger partial charge on any atom is -0.357 e. The molecule has 8 heteroatoms. The highest BCUT2D eigenvalue weighted by Crippen LogP contribution is 2.25. The van der Waals surface area contributed by atoms with Gasteiger partial charge in [-0.05, 0) is 19.1 Å². The van der Waals surface area contributed by atoms with Crippen LogP contribution >= 0.6 is 11.3 Å². The van der Waals surface area contributed by atoms with Crippen molar-refractivity contribution in [3.05, 3.63) is 17.0 Å². The first-order valence-electron chi connectivity index (χ1n) is 8.04. The van der Waals surface area contributed by atoms with E-state index in [9.17, 15) is 8.42 Å². The van der Waals surface area contributed by atoms with E-state index in [0.29, 0.717) is 42.8 Å². The lowest BCUT2D eigenvalue weighted by Gasteiger charge is -2.16. The number of nitrogens with one attached hydrogen (secondary N) is 2. The van der Waals surface area contributed by atoms with Crippen molar-refractivity contribution < 1.29 is 8.42 Å². The highest BCUT2D eigenvalue weighted by Gasteiger charge is 2.23. The smallest absolute Gasteiger partial charge is 0.252 e. The first kappa shape index (κ1) is 20.5. The van der Waals surface area contributed by atoms with E-state index in [0.717, 1.165) is 11.4 Å². The van der Waals surface area contributed by atoms with E-state index in [1.165, 1.54) is 15.6 Å². The second-order valence-corrected chi connectivity index (χ2v) is 8.21. The molecule has 0 atom stereocenters. The highest BCUT2D eigenvalue weighted by atomic mass is 32.2. The van der Waals surface area contributed by atoms with E-state index >= 15 is 0 Å². The second-order valence-electron chi connectivity index (χ2n) is 4.88. The van der Waals surface area contributed by atoms with E-state index in [1.54, 1.807) is 6.07 Å². The Morgan fingerprint density at radius 3 is 2.58 bits per heavy atom. The third kappa shape index (κ3) is 5.82. The topological polar surface area (TPSA) is 73.8 Å². The number of terminal acetylenes is 1. The summed E-state index contributed by atoms with van der Waals surface area (Å²) in [6.45, 7) is 8.35. The van der Waals surface area contributed by atoms with Gasteiger partial charge in [-0.2, -0.15) is 4.31 Å². The molecule has 1 aromatic rings. The molecule has 0 amide bonds. The van der Waals surface area contributed by atoms with Crippen molar-refractivity contribution in [3.8, 4) is 12.3 Å². The van der Waals surface area contributed by atoms with E-state index in [2.05, 4.69) is 21.5 Å². The number of thiophene rings is 1. The summed E-state index contributed by atoms with van der Waals surface area (Å²) < 4.78 is 26.8. The summed E-state index contributed by atoms with van der Waals surface area (Å²) in [6.07, 6.45) is 5.91. The summed E-state index contributed by atoms with van der Waals surface area (Å²) >= 11 is 1.31. The second kappa shape index (κ2) is 10.3. The summed E-state index contributed by atoms with van der Waals surface area (Å²) in [5, 5.41) is 6.13. The molecule has 0 bridgehead atoms. The Morgan fingerprint density at radius 2 is 2.00 bits per heavy atom. The van der Waals surface area contributed by atoms with Crippen LogP contribution in [-0.4, -0.2) is 51.4 Å². The van der Waals surface area contributed by atoms with Crippen LogP contribution in [0, 0.1) is 12.3 Å². The summed E-state index contributed by atoms with van der Waals surface area (Å²) in [5.41, 5.74) is 0. The molecule has 0 aliphatic carbocycles. The van der Waals surface area contributed by atoms with Gasteiger partial charge in [0, 0.05) is 37.5 Å². The molecule has 0 unspecified atom stereocenters. The third-order valence-electron chi connectivity index (χ3n) is 3.27. The number of nitrogens with zero attached hydrogens (tertiary/aromatic N) is 2. The summed E-state index contributed by atoms with van der Waals surface area (Å²) in [7, 11) is -3.37. The molecule has 0 saturated carbocycles. The Hall–Kier alpha value is -1.56. The number of guanidine groups is 1. The normalized spacial score (nSPS) is 12.2. The molecule has 0 radical (unpaired) electrons. The molecular formula is C16H26N4O2S2. The van der Waals surface area contributed by atoms with Crippen LogP contribution in [-0.2, 0) is 16.4 Å². The van der Waals surface area contributed by atoms with Crippen molar-refractivity contribution in [2.75, 3.05) is 32.7 Å². The van der Waals surface area contributed by atoms with Gasteiger partial charge in [0.15, 0.2) is 5.96 Å². The lowest BCUT2D eigenvalue weighted by molar-refractivity contribution is 0.447. The zero-order chi connectivity index (χ0) is 18.0. The third-order valence-corrected chi connectivity index (χ3v) is 6.93. The number of rotatable bonds is 9. The predicted molar refractivity (Wildman–Crippen MR) is 101 cm³/mol. The Bertz CT molecular complexity index is 670. The van der Waals surface area contributed by atoms with Gasteiger partial charge in [0.2, 0.25) is 0 Å². The highest BCUT2D eigenvalue weighted by molar-refractivity contribution is 7.91. The molecule has 24 heavy (non-hydrogen) atoms. The van der Waals surface area contributed by atoms with E-state index in [1.807, 2.05) is 26.8 Å². The molecule has 6 nitrogen and oxygen atoms in total. The van der Waals surface area contributed by atoms with Gasteiger partial charge >= 0.3 is 0 Å². The summed E-state index contributed by atoms with van der Waals surface area (Å²) in [5.74, 6) is 3.17. The molecule has 0 aliphatic rings. The Balaban J connectivity index is 2.72. The number of hydrogen-bond donors (Lipinski definition) is 2. The van der Waals surface area contributed by atoms with Gasteiger partial charge in [-0.25, -0.2) is 8.42 Å². The maximum absolute atomic E-state index is 12.5. The van der Waals surface area contributed by atoms with Crippen LogP contribution in [0.25, 0.3) is 0 Å². The molecule has 2 N–H and O–H groups in total. The number of sulfonamides is 1. The van der Waals surface area contributed by atoms with Crippen molar-refractivity contribution >= 4 is 27.3 Å². The Labute approximate surface area is 149 Å². The molecule has 0 spiro atoms. The fourth-order valence-electron chi connectivity index (χ4n) is 2.08.